The second-order valence-electron chi connectivity index (χ2n) is 2.77. The van der Waals surface area contributed by atoms with Gasteiger partial charge in [-0.05, 0) is 19.1 Å². The van der Waals surface area contributed by atoms with E-state index in [0.29, 0.717) is 5.56 Å². The lowest BCUT2D eigenvalue weighted by atomic mass is 10.1. The van der Waals surface area contributed by atoms with Crippen LogP contribution in [0.5, 0.6) is 0 Å². The minimum Gasteiger partial charge on any atom is -0.295 e. The van der Waals surface area contributed by atoms with Crippen LogP contribution in [0.4, 0.5) is 0 Å². The quantitative estimate of drug-likeness (QED) is 0.494. The van der Waals surface area contributed by atoms with Crippen molar-refractivity contribution in [1.82, 2.24) is 0 Å². The van der Waals surface area contributed by atoms with Gasteiger partial charge in [-0.25, -0.2) is 0 Å². The zero-order valence-corrected chi connectivity index (χ0v) is 7.87. The molecule has 1 aromatic carbocycles. The summed E-state index contributed by atoms with van der Waals surface area (Å²) in [7, 11) is 0. The van der Waals surface area contributed by atoms with Crippen molar-refractivity contribution in [3.05, 3.63) is 35.4 Å². The highest BCUT2D eigenvalue weighted by Crippen LogP contribution is 2.03. The highest BCUT2D eigenvalue weighted by atomic mass is 16.1. The van der Waals surface area contributed by atoms with E-state index in [0.717, 1.165) is 5.56 Å². The molecular formula is C12H9NO. The average molecular weight is 183 g/mol. The molecule has 0 fully saturated rings. The Kier molecular flexibility index (Phi) is 3.47. The van der Waals surface area contributed by atoms with E-state index in [1.165, 1.54) is 6.92 Å². The molecule has 0 unspecified atom stereocenters. The van der Waals surface area contributed by atoms with Gasteiger partial charge in [0.05, 0.1) is 12.5 Å². The topological polar surface area (TPSA) is 40.9 Å². The summed E-state index contributed by atoms with van der Waals surface area (Å²) < 4.78 is 0. The molecule has 68 valence electrons. The van der Waals surface area contributed by atoms with Crippen molar-refractivity contribution in [2.24, 2.45) is 0 Å². The third-order valence-electron chi connectivity index (χ3n) is 1.69. The standard InChI is InChI=1S/C12H9NO/c1-10(14)12-7-5-11(6-8-12)4-2-3-9-13/h5-8H,3H2,1H3. The van der Waals surface area contributed by atoms with Gasteiger partial charge in [0.25, 0.3) is 0 Å². The molecule has 0 heterocycles. The Morgan fingerprint density at radius 3 is 2.50 bits per heavy atom. The van der Waals surface area contributed by atoms with E-state index in [4.69, 9.17) is 5.26 Å². The van der Waals surface area contributed by atoms with Gasteiger partial charge in [0.2, 0.25) is 0 Å². The second kappa shape index (κ2) is 4.84. The van der Waals surface area contributed by atoms with Gasteiger partial charge in [-0.15, -0.1) is 0 Å². The summed E-state index contributed by atoms with van der Waals surface area (Å²) in [6.45, 7) is 1.52. The van der Waals surface area contributed by atoms with Crippen LogP contribution in [0.15, 0.2) is 24.3 Å². The van der Waals surface area contributed by atoms with Crippen LogP contribution in [0.2, 0.25) is 0 Å². The fourth-order valence-electron chi connectivity index (χ4n) is 0.974. The monoisotopic (exact) mass is 183 g/mol. The SMILES string of the molecule is CC(=O)c1ccc(C#CCC#N)cc1. The summed E-state index contributed by atoms with van der Waals surface area (Å²) in [5, 5.41) is 8.26. The highest BCUT2D eigenvalue weighted by molar-refractivity contribution is 5.94. The molecule has 0 N–H and O–H groups in total. The van der Waals surface area contributed by atoms with Gasteiger partial charge in [0.1, 0.15) is 0 Å². The van der Waals surface area contributed by atoms with E-state index in [2.05, 4.69) is 11.8 Å². The van der Waals surface area contributed by atoms with Crippen LogP contribution in [-0.2, 0) is 0 Å². The zero-order valence-electron chi connectivity index (χ0n) is 7.87. The van der Waals surface area contributed by atoms with Crippen LogP contribution < -0.4 is 0 Å². The van der Waals surface area contributed by atoms with Crippen molar-refractivity contribution in [2.45, 2.75) is 13.3 Å². The normalized spacial score (nSPS) is 8.29. The number of rotatable bonds is 1. The largest absolute Gasteiger partial charge is 0.295 e. The fourth-order valence-corrected chi connectivity index (χ4v) is 0.974. The van der Waals surface area contributed by atoms with Crippen LogP contribution >= 0.6 is 0 Å². The van der Waals surface area contributed by atoms with E-state index in [-0.39, 0.29) is 12.2 Å². The van der Waals surface area contributed by atoms with E-state index >= 15 is 0 Å². The number of carbonyl (C=O) groups is 1. The number of nitrogens with zero attached hydrogens (tertiary/aromatic N) is 1. The minimum atomic E-state index is 0.0431. The molecule has 0 spiro atoms. The number of hydrogen-bond donors (Lipinski definition) is 0. The Morgan fingerprint density at radius 1 is 1.36 bits per heavy atom. The van der Waals surface area contributed by atoms with Gasteiger partial charge in [0, 0.05) is 11.1 Å². The smallest absolute Gasteiger partial charge is 0.159 e. The van der Waals surface area contributed by atoms with Gasteiger partial charge >= 0.3 is 0 Å². The number of hydrogen-bond acceptors (Lipinski definition) is 2. The Hall–Kier alpha value is -2.06. The Labute approximate surface area is 83.2 Å². The maximum Gasteiger partial charge on any atom is 0.159 e. The molecule has 0 aromatic heterocycles. The second-order valence-corrected chi connectivity index (χ2v) is 2.77. The highest BCUT2D eigenvalue weighted by Gasteiger charge is 1.96. The van der Waals surface area contributed by atoms with Crippen LogP contribution in [0.25, 0.3) is 0 Å². The van der Waals surface area contributed by atoms with Gasteiger partial charge in [-0.2, -0.15) is 5.26 Å². The molecule has 0 aliphatic heterocycles. The predicted octanol–water partition coefficient (Wildman–Crippen LogP) is 2.15. The van der Waals surface area contributed by atoms with E-state index < -0.39 is 0 Å². The molecule has 2 nitrogen and oxygen atoms in total. The number of carbonyl (C=O) groups excluding carboxylic acids is 1. The molecule has 1 rings (SSSR count). The Balaban J connectivity index is 2.81. The van der Waals surface area contributed by atoms with Crippen LogP contribution in [0.1, 0.15) is 29.3 Å². The first-order valence-corrected chi connectivity index (χ1v) is 4.21. The molecule has 2 heteroatoms. The van der Waals surface area contributed by atoms with Gasteiger partial charge in [-0.1, -0.05) is 24.0 Å². The van der Waals surface area contributed by atoms with Crippen molar-refractivity contribution >= 4 is 5.78 Å². The van der Waals surface area contributed by atoms with Crippen molar-refractivity contribution in [1.29, 1.82) is 5.26 Å². The molecular weight excluding hydrogens is 174 g/mol. The lowest BCUT2D eigenvalue weighted by molar-refractivity contribution is 0.101. The van der Waals surface area contributed by atoms with Crippen LogP contribution in [-0.4, -0.2) is 5.78 Å². The molecule has 0 amide bonds. The number of nitriles is 1. The molecule has 1 aromatic rings. The van der Waals surface area contributed by atoms with Crippen molar-refractivity contribution in [2.75, 3.05) is 0 Å². The van der Waals surface area contributed by atoms with Gasteiger partial charge < -0.3 is 0 Å². The molecule has 0 atom stereocenters. The lowest BCUT2D eigenvalue weighted by Gasteiger charge is -1.94. The van der Waals surface area contributed by atoms with Crippen LogP contribution in [0.3, 0.4) is 0 Å². The predicted molar refractivity (Wildman–Crippen MR) is 53.6 cm³/mol. The van der Waals surface area contributed by atoms with E-state index in [1.807, 2.05) is 6.07 Å². The molecule has 0 radical (unpaired) electrons. The van der Waals surface area contributed by atoms with Crippen LogP contribution in [0, 0.1) is 23.2 Å². The van der Waals surface area contributed by atoms with E-state index in [1.54, 1.807) is 24.3 Å². The zero-order chi connectivity index (χ0) is 10.4. The Bertz CT molecular complexity index is 426. The molecule has 14 heavy (non-hydrogen) atoms. The molecule has 0 saturated carbocycles. The van der Waals surface area contributed by atoms with Gasteiger partial charge in [-0.3, -0.25) is 4.79 Å². The molecule has 0 aliphatic rings. The first-order chi connectivity index (χ1) is 6.74. The van der Waals surface area contributed by atoms with Crippen molar-refractivity contribution in [3.63, 3.8) is 0 Å². The molecule has 0 bridgehead atoms. The molecule has 0 saturated heterocycles. The Morgan fingerprint density at radius 2 is 2.00 bits per heavy atom. The summed E-state index contributed by atoms with van der Waals surface area (Å²) >= 11 is 0. The molecule has 0 aliphatic carbocycles. The number of ketones is 1. The van der Waals surface area contributed by atoms with Gasteiger partial charge in [0.15, 0.2) is 5.78 Å². The summed E-state index contributed by atoms with van der Waals surface area (Å²) in [6.07, 6.45) is 0.231. The minimum absolute atomic E-state index is 0.0431. The first kappa shape index (κ1) is 10.0. The maximum atomic E-state index is 10.9. The average Bonchev–Trinajstić information content (AvgIpc) is 2.19. The third kappa shape index (κ3) is 2.77. The first-order valence-electron chi connectivity index (χ1n) is 4.21. The summed E-state index contributed by atoms with van der Waals surface area (Å²) in [5.74, 6) is 5.57. The number of benzene rings is 1. The maximum absolute atomic E-state index is 10.9. The lowest BCUT2D eigenvalue weighted by Crippen LogP contribution is -1.90. The summed E-state index contributed by atoms with van der Waals surface area (Å²) in [6, 6.07) is 8.97. The van der Waals surface area contributed by atoms with E-state index in [9.17, 15) is 4.79 Å². The number of Topliss-reactive ketones (excluding diaryl/α,β-unsaturated/α-hetero) is 1. The fraction of sp³-hybridized carbons (Fsp3) is 0.167. The third-order valence-corrected chi connectivity index (χ3v) is 1.69. The van der Waals surface area contributed by atoms with Crippen molar-refractivity contribution < 1.29 is 4.79 Å². The van der Waals surface area contributed by atoms with Crippen molar-refractivity contribution in [3.8, 4) is 17.9 Å². The summed E-state index contributed by atoms with van der Waals surface area (Å²) in [5.41, 5.74) is 1.50. The summed E-state index contributed by atoms with van der Waals surface area (Å²) in [4.78, 5) is 10.9.